The van der Waals surface area contributed by atoms with Gasteiger partial charge in [-0.25, -0.2) is 0 Å². The minimum Gasteiger partial charge on any atom is -0.354 e. The van der Waals surface area contributed by atoms with Crippen molar-refractivity contribution in [1.82, 2.24) is 19.8 Å². The molecule has 3 aromatic rings. The second-order valence-electron chi connectivity index (χ2n) is 6.37. The average molecular weight is 361 g/mol. The van der Waals surface area contributed by atoms with Crippen molar-refractivity contribution in [2.24, 2.45) is 0 Å². The maximum Gasteiger partial charge on any atom is 0.272 e. The van der Waals surface area contributed by atoms with Crippen LogP contribution in [0.2, 0.25) is 0 Å². The number of nitrogens with one attached hydrogen (secondary N) is 1. The fourth-order valence-electron chi connectivity index (χ4n) is 3.18. The number of anilines is 2. The van der Waals surface area contributed by atoms with E-state index in [-0.39, 0.29) is 5.91 Å². The summed E-state index contributed by atoms with van der Waals surface area (Å²) in [5.74, 6) is -0.125. The first-order valence-corrected chi connectivity index (χ1v) is 8.80. The monoisotopic (exact) mass is 361 g/mol. The average Bonchev–Trinajstić information content (AvgIpc) is 2.74. The summed E-state index contributed by atoms with van der Waals surface area (Å²) in [6, 6.07) is 13.4. The van der Waals surface area contributed by atoms with E-state index in [1.807, 2.05) is 36.4 Å². The van der Waals surface area contributed by atoms with Crippen LogP contribution in [-0.4, -0.2) is 58.3 Å². The summed E-state index contributed by atoms with van der Waals surface area (Å²) in [4.78, 5) is 35.6. The zero-order valence-corrected chi connectivity index (χ0v) is 14.7. The Kier molecular flexibility index (Phi) is 4.65. The number of hydrogen-bond donors (Lipinski definition) is 1. The molecule has 2 aromatic heterocycles. The normalized spacial score (nSPS) is 14.2. The topological polar surface area (TPSA) is 78.4 Å². The Labute approximate surface area is 156 Å². The highest BCUT2D eigenvalue weighted by Crippen LogP contribution is 2.24. The van der Waals surface area contributed by atoms with E-state index in [2.05, 4.69) is 15.3 Å². The van der Waals surface area contributed by atoms with Crippen LogP contribution >= 0.6 is 0 Å². The number of aromatic nitrogens is 2. The maximum atomic E-state index is 12.7. The van der Waals surface area contributed by atoms with E-state index in [9.17, 15) is 9.59 Å². The summed E-state index contributed by atoms with van der Waals surface area (Å²) in [7, 11) is 0. The van der Waals surface area contributed by atoms with Crippen LogP contribution in [0.5, 0.6) is 0 Å². The number of piperazine rings is 1. The Bertz CT molecular complexity index is 978. The molecule has 1 aliphatic rings. The van der Waals surface area contributed by atoms with Crippen molar-refractivity contribution in [2.75, 3.05) is 31.5 Å². The standard InChI is InChI=1S/C20H19N5O2/c26-14-24-9-11-25(12-10-24)20(27)18-13-16(6-8-21-18)23-17-5-1-3-15-4-2-7-22-19(15)17/h1-8,13-14H,9-12H2,(H,21,23). The quantitative estimate of drug-likeness (QED) is 0.722. The summed E-state index contributed by atoms with van der Waals surface area (Å²) >= 11 is 0. The lowest BCUT2D eigenvalue weighted by molar-refractivity contribution is -0.119. The number of carbonyl (C=O) groups excluding carboxylic acids is 2. The van der Waals surface area contributed by atoms with Gasteiger partial charge in [-0.15, -0.1) is 0 Å². The van der Waals surface area contributed by atoms with Gasteiger partial charge in [0.2, 0.25) is 6.41 Å². The summed E-state index contributed by atoms with van der Waals surface area (Å²) in [5.41, 5.74) is 2.90. The van der Waals surface area contributed by atoms with Gasteiger partial charge in [-0.05, 0) is 24.3 Å². The fourth-order valence-corrected chi connectivity index (χ4v) is 3.18. The molecule has 136 valence electrons. The first kappa shape index (κ1) is 17.0. The lowest BCUT2D eigenvalue weighted by Crippen LogP contribution is -2.48. The molecule has 7 heteroatoms. The largest absolute Gasteiger partial charge is 0.354 e. The Morgan fingerprint density at radius 2 is 1.81 bits per heavy atom. The summed E-state index contributed by atoms with van der Waals surface area (Å²) in [6.45, 7) is 2.14. The van der Waals surface area contributed by atoms with Crippen molar-refractivity contribution in [3.05, 3.63) is 60.6 Å². The third-order valence-electron chi connectivity index (χ3n) is 4.64. The molecule has 0 bridgehead atoms. The zero-order chi connectivity index (χ0) is 18.6. The molecule has 1 fully saturated rings. The van der Waals surface area contributed by atoms with Crippen molar-refractivity contribution in [2.45, 2.75) is 0 Å². The number of para-hydroxylation sites is 1. The van der Waals surface area contributed by atoms with Gasteiger partial charge in [-0.1, -0.05) is 18.2 Å². The van der Waals surface area contributed by atoms with Crippen molar-refractivity contribution in [3.63, 3.8) is 0 Å². The molecule has 0 unspecified atom stereocenters. The molecule has 7 nitrogen and oxygen atoms in total. The van der Waals surface area contributed by atoms with Crippen LogP contribution in [-0.2, 0) is 4.79 Å². The predicted molar refractivity (Wildman–Crippen MR) is 103 cm³/mol. The Morgan fingerprint density at radius 1 is 1.00 bits per heavy atom. The second-order valence-corrected chi connectivity index (χ2v) is 6.37. The van der Waals surface area contributed by atoms with Crippen LogP contribution in [0.3, 0.4) is 0 Å². The van der Waals surface area contributed by atoms with Gasteiger partial charge in [0.05, 0.1) is 11.2 Å². The van der Waals surface area contributed by atoms with E-state index < -0.39 is 0 Å². The van der Waals surface area contributed by atoms with E-state index in [4.69, 9.17) is 0 Å². The highest BCUT2D eigenvalue weighted by Gasteiger charge is 2.22. The minimum absolute atomic E-state index is 0.125. The second kappa shape index (κ2) is 7.41. The number of pyridine rings is 2. The van der Waals surface area contributed by atoms with Crippen molar-refractivity contribution in [3.8, 4) is 0 Å². The minimum atomic E-state index is -0.125. The smallest absolute Gasteiger partial charge is 0.272 e. The Morgan fingerprint density at radius 3 is 2.63 bits per heavy atom. The number of carbonyl (C=O) groups is 2. The van der Waals surface area contributed by atoms with Crippen LogP contribution in [0, 0.1) is 0 Å². The number of hydrogen-bond acceptors (Lipinski definition) is 5. The van der Waals surface area contributed by atoms with Crippen molar-refractivity contribution in [1.29, 1.82) is 0 Å². The highest BCUT2D eigenvalue weighted by atomic mass is 16.2. The lowest BCUT2D eigenvalue weighted by Gasteiger charge is -2.32. The lowest BCUT2D eigenvalue weighted by atomic mass is 10.2. The van der Waals surface area contributed by atoms with Crippen LogP contribution in [0.1, 0.15) is 10.5 Å². The molecule has 0 saturated carbocycles. The molecular weight excluding hydrogens is 342 g/mol. The van der Waals surface area contributed by atoms with Gasteiger partial charge in [0.25, 0.3) is 5.91 Å². The van der Waals surface area contributed by atoms with E-state index in [1.165, 1.54) is 0 Å². The molecule has 1 saturated heterocycles. The van der Waals surface area contributed by atoms with E-state index in [0.29, 0.717) is 31.9 Å². The number of fused-ring (bicyclic) bond motifs is 1. The molecule has 0 aliphatic carbocycles. The number of benzene rings is 1. The van der Waals surface area contributed by atoms with Crippen LogP contribution in [0.4, 0.5) is 11.4 Å². The molecular formula is C20H19N5O2. The van der Waals surface area contributed by atoms with Crippen LogP contribution in [0.15, 0.2) is 54.9 Å². The molecule has 1 aromatic carbocycles. The van der Waals surface area contributed by atoms with Crippen molar-refractivity contribution < 1.29 is 9.59 Å². The maximum absolute atomic E-state index is 12.7. The predicted octanol–water partition coefficient (Wildman–Crippen LogP) is 2.29. The zero-order valence-electron chi connectivity index (χ0n) is 14.7. The van der Waals surface area contributed by atoms with Crippen LogP contribution < -0.4 is 5.32 Å². The summed E-state index contributed by atoms with van der Waals surface area (Å²) in [5, 5.41) is 4.38. The molecule has 0 atom stereocenters. The first-order valence-electron chi connectivity index (χ1n) is 8.80. The molecule has 27 heavy (non-hydrogen) atoms. The molecule has 4 rings (SSSR count). The third-order valence-corrected chi connectivity index (χ3v) is 4.64. The number of amides is 2. The van der Waals surface area contributed by atoms with E-state index in [1.54, 1.807) is 28.3 Å². The summed E-state index contributed by atoms with van der Waals surface area (Å²) in [6.07, 6.45) is 4.20. The number of rotatable bonds is 4. The van der Waals surface area contributed by atoms with Gasteiger partial charge in [-0.3, -0.25) is 19.6 Å². The van der Waals surface area contributed by atoms with Gasteiger partial charge < -0.3 is 15.1 Å². The molecule has 1 N–H and O–H groups in total. The SMILES string of the molecule is O=CN1CCN(C(=O)c2cc(Nc3cccc4cccnc34)ccn2)CC1. The van der Waals surface area contributed by atoms with Gasteiger partial charge in [-0.2, -0.15) is 0 Å². The molecule has 2 amide bonds. The molecule has 1 aliphatic heterocycles. The Balaban J connectivity index is 1.54. The molecule has 0 spiro atoms. The van der Waals surface area contributed by atoms with Gasteiger partial charge >= 0.3 is 0 Å². The van der Waals surface area contributed by atoms with Gasteiger partial charge in [0, 0.05) is 49.6 Å². The van der Waals surface area contributed by atoms with E-state index in [0.717, 1.165) is 28.7 Å². The fraction of sp³-hybridized carbons (Fsp3) is 0.200. The summed E-state index contributed by atoms with van der Waals surface area (Å²) < 4.78 is 0. The number of nitrogens with zero attached hydrogens (tertiary/aromatic N) is 4. The Hall–Kier alpha value is -3.48. The molecule has 0 radical (unpaired) electrons. The van der Waals surface area contributed by atoms with Crippen LogP contribution in [0.25, 0.3) is 10.9 Å². The first-order chi connectivity index (χ1) is 13.2. The third kappa shape index (κ3) is 3.57. The molecule has 3 heterocycles. The van der Waals surface area contributed by atoms with E-state index >= 15 is 0 Å². The van der Waals surface area contributed by atoms with Crippen molar-refractivity contribution >= 4 is 34.6 Å². The van der Waals surface area contributed by atoms with Gasteiger partial charge in [0.15, 0.2) is 0 Å². The highest BCUT2D eigenvalue weighted by molar-refractivity contribution is 5.95. The van der Waals surface area contributed by atoms with Gasteiger partial charge in [0.1, 0.15) is 5.69 Å².